The van der Waals surface area contributed by atoms with Gasteiger partial charge in [-0.05, 0) is 31.1 Å². The highest BCUT2D eigenvalue weighted by molar-refractivity contribution is 7.11. The molecular formula is C16H28N2OS. The van der Waals surface area contributed by atoms with Crippen LogP contribution >= 0.6 is 11.3 Å². The van der Waals surface area contributed by atoms with Gasteiger partial charge in [-0.2, -0.15) is 0 Å². The van der Waals surface area contributed by atoms with E-state index in [1.54, 1.807) is 11.3 Å². The summed E-state index contributed by atoms with van der Waals surface area (Å²) in [5.41, 5.74) is -0.515. The molecule has 0 aromatic carbocycles. The summed E-state index contributed by atoms with van der Waals surface area (Å²) in [6, 6.07) is 0. The first-order valence-electron chi connectivity index (χ1n) is 7.64. The van der Waals surface area contributed by atoms with Crippen LogP contribution in [0.5, 0.6) is 0 Å². The zero-order valence-electron chi connectivity index (χ0n) is 13.7. The fourth-order valence-corrected chi connectivity index (χ4v) is 3.94. The summed E-state index contributed by atoms with van der Waals surface area (Å²) >= 11 is 1.75. The Morgan fingerprint density at radius 2 is 1.65 bits per heavy atom. The highest BCUT2D eigenvalue weighted by Crippen LogP contribution is 2.49. The predicted octanol–water partition coefficient (Wildman–Crippen LogP) is 4.27. The van der Waals surface area contributed by atoms with E-state index < -0.39 is 5.60 Å². The van der Waals surface area contributed by atoms with Crippen molar-refractivity contribution in [3.05, 3.63) is 10.0 Å². The van der Waals surface area contributed by atoms with Crippen molar-refractivity contribution in [2.75, 3.05) is 0 Å². The Kier molecular flexibility index (Phi) is 4.02. The molecule has 0 radical (unpaired) electrons. The van der Waals surface area contributed by atoms with Gasteiger partial charge in [0.15, 0.2) is 0 Å². The van der Waals surface area contributed by atoms with Gasteiger partial charge >= 0.3 is 0 Å². The standard InChI is InChI=1S/C16H28N2OS/c1-11(2)12-17-18-13(20-12)15(6)7-9-16(19,10-8-15)14(3,4)5/h11,19H,7-10H2,1-6H3. The normalized spacial score (nSPS) is 31.8. The second-order valence-electron chi connectivity index (χ2n) is 7.94. The van der Waals surface area contributed by atoms with Crippen LogP contribution in [0.3, 0.4) is 0 Å². The molecule has 4 heteroatoms. The minimum absolute atomic E-state index is 0.0570. The molecule has 1 aromatic heterocycles. The monoisotopic (exact) mass is 296 g/mol. The second kappa shape index (κ2) is 5.06. The van der Waals surface area contributed by atoms with E-state index in [1.165, 1.54) is 0 Å². The molecule has 1 aromatic rings. The van der Waals surface area contributed by atoms with Gasteiger partial charge in [-0.3, -0.25) is 0 Å². The van der Waals surface area contributed by atoms with Crippen molar-refractivity contribution in [1.29, 1.82) is 0 Å². The van der Waals surface area contributed by atoms with Crippen LogP contribution in [0, 0.1) is 5.41 Å². The third-order valence-electron chi connectivity index (χ3n) is 5.03. The molecule has 0 atom stereocenters. The largest absolute Gasteiger partial charge is 0.389 e. The van der Waals surface area contributed by atoms with Crippen LogP contribution in [0.1, 0.15) is 83.2 Å². The molecule has 2 rings (SSSR count). The van der Waals surface area contributed by atoms with Crippen LogP contribution in [-0.4, -0.2) is 20.9 Å². The summed E-state index contributed by atoms with van der Waals surface area (Å²) in [6.07, 6.45) is 3.69. The Labute approximate surface area is 126 Å². The summed E-state index contributed by atoms with van der Waals surface area (Å²) < 4.78 is 0. The molecule has 1 saturated carbocycles. The van der Waals surface area contributed by atoms with Crippen molar-refractivity contribution in [3.8, 4) is 0 Å². The molecular weight excluding hydrogens is 268 g/mol. The van der Waals surface area contributed by atoms with E-state index in [2.05, 4.69) is 51.7 Å². The fourth-order valence-electron chi connectivity index (χ4n) is 2.89. The van der Waals surface area contributed by atoms with Crippen LogP contribution in [-0.2, 0) is 5.41 Å². The lowest BCUT2D eigenvalue weighted by Gasteiger charge is -2.47. The predicted molar refractivity (Wildman–Crippen MR) is 84.2 cm³/mol. The first-order chi connectivity index (χ1) is 9.07. The number of hydrogen-bond acceptors (Lipinski definition) is 4. The highest BCUT2D eigenvalue weighted by atomic mass is 32.1. The van der Waals surface area contributed by atoms with E-state index in [-0.39, 0.29) is 10.8 Å². The molecule has 0 bridgehead atoms. The molecule has 1 aliphatic carbocycles. The molecule has 20 heavy (non-hydrogen) atoms. The van der Waals surface area contributed by atoms with Crippen molar-refractivity contribution in [2.24, 2.45) is 5.41 Å². The van der Waals surface area contributed by atoms with Gasteiger partial charge in [0, 0.05) is 11.3 Å². The zero-order valence-corrected chi connectivity index (χ0v) is 14.5. The molecule has 1 aliphatic rings. The third kappa shape index (κ3) is 2.77. The topological polar surface area (TPSA) is 46.0 Å². The maximum absolute atomic E-state index is 10.8. The van der Waals surface area contributed by atoms with E-state index in [1.807, 2.05) is 0 Å². The van der Waals surface area contributed by atoms with Crippen molar-refractivity contribution in [3.63, 3.8) is 0 Å². The molecule has 1 heterocycles. The van der Waals surface area contributed by atoms with Gasteiger partial charge in [0.25, 0.3) is 0 Å². The Hall–Kier alpha value is -0.480. The molecule has 1 N–H and O–H groups in total. The second-order valence-corrected chi connectivity index (χ2v) is 8.95. The number of aliphatic hydroxyl groups is 1. The van der Waals surface area contributed by atoms with Crippen molar-refractivity contribution >= 4 is 11.3 Å². The van der Waals surface area contributed by atoms with Gasteiger partial charge < -0.3 is 5.11 Å². The van der Waals surface area contributed by atoms with Crippen LogP contribution in [0.25, 0.3) is 0 Å². The summed E-state index contributed by atoms with van der Waals surface area (Å²) in [4.78, 5) is 0. The Morgan fingerprint density at radius 3 is 2.05 bits per heavy atom. The van der Waals surface area contributed by atoms with Crippen molar-refractivity contribution in [1.82, 2.24) is 10.2 Å². The van der Waals surface area contributed by atoms with Gasteiger partial charge in [-0.15, -0.1) is 21.5 Å². The summed E-state index contributed by atoms with van der Waals surface area (Å²) in [5.74, 6) is 0.444. The lowest BCUT2D eigenvalue weighted by atomic mass is 9.62. The van der Waals surface area contributed by atoms with Gasteiger partial charge in [0.1, 0.15) is 10.0 Å². The number of nitrogens with zero attached hydrogens (tertiary/aromatic N) is 2. The Bertz CT molecular complexity index is 465. The van der Waals surface area contributed by atoms with Crippen LogP contribution in [0.4, 0.5) is 0 Å². The van der Waals surface area contributed by atoms with Gasteiger partial charge in [0.05, 0.1) is 5.60 Å². The van der Waals surface area contributed by atoms with Crippen LogP contribution < -0.4 is 0 Å². The van der Waals surface area contributed by atoms with E-state index in [9.17, 15) is 5.11 Å². The van der Waals surface area contributed by atoms with E-state index in [4.69, 9.17) is 0 Å². The molecule has 0 aliphatic heterocycles. The average molecular weight is 296 g/mol. The molecule has 0 saturated heterocycles. The number of rotatable bonds is 2. The molecule has 3 nitrogen and oxygen atoms in total. The molecule has 0 amide bonds. The van der Waals surface area contributed by atoms with Crippen LogP contribution in [0.15, 0.2) is 0 Å². The summed E-state index contributed by atoms with van der Waals surface area (Å²) in [7, 11) is 0. The molecule has 0 unspecified atom stereocenters. The average Bonchev–Trinajstić information content (AvgIpc) is 2.82. The molecule has 114 valence electrons. The smallest absolute Gasteiger partial charge is 0.123 e. The Balaban J connectivity index is 2.15. The zero-order chi connectivity index (χ0) is 15.2. The SMILES string of the molecule is CC(C)c1nnc(C2(C)CCC(O)(C(C)(C)C)CC2)s1. The van der Waals surface area contributed by atoms with Gasteiger partial charge in [0.2, 0.25) is 0 Å². The van der Waals surface area contributed by atoms with Gasteiger partial charge in [-0.1, -0.05) is 41.5 Å². The first-order valence-corrected chi connectivity index (χ1v) is 8.45. The van der Waals surface area contributed by atoms with E-state index >= 15 is 0 Å². The van der Waals surface area contributed by atoms with Crippen LogP contribution in [0.2, 0.25) is 0 Å². The van der Waals surface area contributed by atoms with Crippen molar-refractivity contribution < 1.29 is 5.11 Å². The maximum Gasteiger partial charge on any atom is 0.123 e. The lowest BCUT2D eigenvalue weighted by molar-refractivity contribution is -0.0958. The molecule has 1 fully saturated rings. The maximum atomic E-state index is 10.8. The minimum Gasteiger partial charge on any atom is -0.389 e. The number of hydrogen-bond donors (Lipinski definition) is 1. The summed E-state index contributed by atoms with van der Waals surface area (Å²) in [5, 5.41) is 21.9. The lowest BCUT2D eigenvalue weighted by Crippen LogP contribution is -2.48. The van der Waals surface area contributed by atoms with Crippen molar-refractivity contribution in [2.45, 2.75) is 84.2 Å². The van der Waals surface area contributed by atoms with E-state index in [0.29, 0.717) is 5.92 Å². The quantitative estimate of drug-likeness (QED) is 0.886. The number of aromatic nitrogens is 2. The Morgan fingerprint density at radius 1 is 1.10 bits per heavy atom. The highest BCUT2D eigenvalue weighted by Gasteiger charge is 2.47. The molecule has 0 spiro atoms. The van der Waals surface area contributed by atoms with E-state index in [0.717, 1.165) is 35.7 Å². The minimum atomic E-state index is -0.544. The fraction of sp³-hybridized carbons (Fsp3) is 0.875. The summed E-state index contributed by atoms with van der Waals surface area (Å²) in [6.45, 7) is 13.0. The van der Waals surface area contributed by atoms with Gasteiger partial charge in [-0.25, -0.2) is 0 Å². The first kappa shape index (κ1) is 15.9. The third-order valence-corrected chi connectivity index (χ3v) is 6.56.